The zero-order valence-corrected chi connectivity index (χ0v) is 10.3. The Morgan fingerprint density at radius 1 is 1.21 bits per heavy atom. The van der Waals surface area contributed by atoms with E-state index in [9.17, 15) is 0 Å². The molecule has 0 heterocycles. The molecule has 1 heteroatoms. The van der Waals surface area contributed by atoms with E-state index in [1.54, 1.807) is 0 Å². The van der Waals surface area contributed by atoms with E-state index in [4.69, 9.17) is 0 Å². The largest absolute Gasteiger partial charge is 0.288 e. The molecule has 0 saturated heterocycles. The number of rotatable bonds is 4. The minimum atomic E-state index is 0.608. The van der Waals surface area contributed by atoms with E-state index in [0.29, 0.717) is 11.8 Å². The summed E-state index contributed by atoms with van der Waals surface area (Å²) in [4.78, 5) is 4.25. The summed E-state index contributed by atoms with van der Waals surface area (Å²) < 4.78 is 0. The van der Waals surface area contributed by atoms with Crippen molar-refractivity contribution >= 4 is 5.71 Å². The van der Waals surface area contributed by atoms with Crippen molar-refractivity contribution in [1.29, 1.82) is 0 Å². The summed E-state index contributed by atoms with van der Waals surface area (Å²) in [6, 6.07) is 0. The molecule has 0 bridgehead atoms. The van der Waals surface area contributed by atoms with Gasteiger partial charge >= 0.3 is 0 Å². The predicted octanol–water partition coefficient (Wildman–Crippen LogP) is 3.87. The molecule has 0 spiro atoms. The van der Waals surface area contributed by atoms with Crippen molar-refractivity contribution in [2.24, 2.45) is 16.8 Å². The van der Waals surface area contributed by atoms with Gasteiger partial charge in [0.2, 0.25) is 0 Å². The van der Waals surface area contributed by atoms with Crippen LogP contribution in [-0.2, 0) is 0 Å². The lowest BCUT2D eigenvalue weighted by molar-refractivity contribution is 0.504. The Kier molecular flexibility index (Phi) is 6.18. The number of hydrogen-bond acceptors (Lipinski definition) is 1. The molecule has 0 N–H and O–H groups in total. The number of aliphatic imine (C=N–C) groups is 1. The topological polar surface area (TPSA) is 12.4 Å². The Labute approximate surface area is 88.6 Å². The Morgan fingerprint density at radius 3 is 2.14 bits per heavy atom. The lowest BCUT2D eigenvalue weighted by Crippen LogP contribution is -2.02. The van der Waals surface area contributed by atoms with Crippen LogP contribution in [0.4, 0.5) is 0 Å². The van der Waals surface area contributed by atoms with Crippen molar-refractivity contribution in [3.63, 3.8) is 0 Å². The van der Waals surface area contributed by atoms with Gasteiger partial charge in [0, 0.05) is 7.05 Å². The van der Waals surface area contributed by atoms with E-state index < -0.39 is 0 Å². The van der Waals surface area contributed by atoms with E-state index in [0.717, 1.165) is 5.71 Å². The minimum absolute atomic E-state index is 0.608. The van der Waals surface area contributed by atoms with Crippen LogP contribution in [0.1, 0.15) is 34.6 Å². The van der Waals surface area contributed by atoms with Crippen LogP contribution in [-0.4, -0.2) is 12.8 Å². The van der Waals surface area contributed by atoms with Gasteiger partial charge in [0.05, 0.1) is 5.71 Å². The van der Waals surface area contributed by atoms with Crippen molar-refractivity contribution in [2.45, 2.75) is 34.6 Å². The molecule has 1 atom stereocenters. The van der Waals surface area contributed by atoms with Gasteiger partial charge in [0.1, 0.15) is 0 Å². The Balaban J connectivity index is 4.49. The molecule has 0 saturated carbocycles. The molecule has 0 aliphatic rings. The average molecular weight is 193 g/mol. The summed E-state index contributed by atoms with van der Waals surface area (Å²) in [6.07, 6.45) is 6.45. The predicted molar refractivity (Wildman–Crippen MR) is 65.9 cm³/mol. The maximum atomic E-state index is 4.25. The Morgan fingerprint density at radius 2 is 1.79 bits per heavy atom. The molecule has 0 rings (SSSR count). The third kappa shape index (κ3) is 4.40. The van der Waals surface area contributed by atoms with Gasteiger partial charge in [-0.15, -0.1) is 0 Å². The van der Waals surface area contributed by atoms with E-state index in [1.165, 1.54) is 5.57 Å². The average Bonchev–Trinajstić information content (AvgIpc) is 2.17. The van der Waals surface area contributed by atoms with E-state index in [-0.39, 0.29) is 0 Å². The highest BCUT2D eigenvalue weighted by Crippen LogP contribution is 2.11. The van der Waals surface area contributed by atoms with Crippen molar-refractivity contribution in [1.82, 2.24) is 0 Å². The molecule has 1 nitrogen and oxygen atoms in total. The van der Waals surface area contributed by atoms with E-state index in [2.05, 4.69) is 50.9 Å². The number of nitrogens with zero attached hydrogens (tertiary/aromatic N) is 1. The molecule has 0 aromatic heterocycles. The van der Waals surface area contributed by atoms with Crippen molar-refractivity contribution in [3.8, 4) is 0 Å². The highest BCUT2D eigenvalue weighted by Gasteiger charge is 2.02. The summed E-state index contributed by atoms with van der Waals surface area (Å²) in [5, 5.41) is 0. The first-order chi connectivity index (χ1) is 6.52. The van der Waals surface area contributed by atoms with Crippen molar-refractivity contribution in [2.75, 3.05) is 7.05 Å². The molecular formula is C13H23N. The number of hydrogen-bond donors (Lipinski definition) is 0. The van der Waals surface area contributed by atoms with E-state index >= 15 is 0 Å². The fraction of sp³-hybridized carbons (Fsp3) is 0.615. The summed E-state index contributed by atoms with van der Waals surface area (Å²) in [6.45, 7) is 10.8. The van der Waals surface area contributed by atoms with Crippen LogP contribution >= 0.6 is 0 Å². The molecule has 0 fully saturated rings. The first kappa shape index (κ1) is 13.2. The summed E-state index contributed by atoms with van der Waals surface area (Å²) in [5.74, 6) is 1.30. The van der Waals surface area contributed by atoms with Crippen LogP contribution in [0.3, 0.4) is 0 Å². The van der Waals surface area contributed by atoms with Gasteiger partial charge in [-0.25, -0.2) is 0 Å². The molecule has 1 unspecified atom stereocenters. The van der Waals surface area contributed by atoms with Gasteiger partial charge < -0.3 is 0 Å². The highest BCUT2D eigenvalue weighted by atomic mass is 14.7. The molecule has 0 aromatic rings. The lowest BCUT2D eigenvalue weighted by Gasteiger charge is -2.10. The molecule has 0 aromatic carbocycles. The monoisotopic (exact) mass is 193 g/mol. The standard InChI is InChI=1S/C13H23N/c1-7-11(4)13(14-6)9-8-12(5)10(2)3/h7-10,12H,1-6H3/b9-8-,11-7-,14-13?. The first-order valence-electron chi connectivity index (χ1n) is 5.31. The third-order valence-corrected chi connectivity index (χ3v) is 2.69. The van der Waals surface area contributed by atoms with Crippen LogP contribution in [0.5, 0.6) is 0 Å². The molecule has 80 valence electrons. The second kappa shape index (κ2) is 6.58. The smallest absolute Gasteiger partial charge is 0.0593 e. The van der Waals surface area contributed by atoms with Crippen LogP contribution < -0.4 is 0 Å². The van der Waals surface area contributed by atoms with Crippen LogP contribution in [0.15, 0.2) is 28.8 Å². The van der Waals surface area contributed by atoms with Crippen molar-refractivity contribution in [3.05, 3.63) is 23.8 Å². The molecule has 0 amide bonds. The molecule has 0 radical (unpaired) electrons. The maximum Gasteiger partial charge on any atom is 0.0593 e. The van der Waals surface area contributed by atoms with Gasteiger partial charge in [0.25, 0.3) is 0 Å². The quantitative estimate of drug-likeness (QED) is 0.601. The van der Waals surface area contributed by atoms with Gasteiger partial charge in [-0.3, -0.25) is 4.99 Å². The Hall–Kier alpha value is -0.850. The van der Waals surface area contributed by atoms with Crippen LogP contribution in [0.2, 0.25) is 0 Å². The fourth-order valence-electron chi connectivity index (χ4n) is 0.995. The highest BCUT2D eigenvalue weighted by molar-refractivity contribution is 6.07. The lowest BCUT2D eigenvalue weighted by atomic mass is 9.97. The van der Waals surface area contributed by atoms with Crippen LogP contribution in [0.25, 0.3) is 0 Å². The van der Waals surface area contributed by atoms with Gasteiger partial charge in [-0.2, -0.15) is 0 Å². The Bertz CT molecular complexity index is 244. The molecule has 0 aliphatic carbocycles. The SMILES string of the molecule is C/C=C(/C)C(/C=C\C(C)C(C)C)=NC. The van der Waals surface area contributed by atoms with Gasteiger partial charge in [-0.1, -0.05) is 32.9 Å². The second-order valence-corrected chi connectivity index (χ2v) is 4.04. The normalized spacial score (nSPS) is 16.8. The zero-order chi connectivity index (χ0) is 11.1. The molecular weight excluding hydrogens is 170 g/mol. The zero-order valence-electron chi connectivity index (χ0n) is 10.3. The van der Waals surface area contributed by atoms with Gasteiger partial charge in [-0.05, 0) is 37.3 Å². The summed E-state index contributed by atoms with van der Waals surface area (Å²) >= 11 is 0. The van der Waals surface area contributed by atoms with Crippen LogP contribution in [0, 0.1) is 11.8 Å². The first-order valence-corrected chi connectivity index (χ1v) is 5.31. The summed E-state index contributed by atoms with van der Waals surface area (Å²) in [5.41, 5.74) is 2.32. The van der Waals surface area contributed by atoms with Crippen molar-refractivity contribution < 1.29 is 0 Å². The number of allylic oxidation sites excluding steroid dienone is 4. The summed E-state index contributed by atoms with van der Waals surface area (Å²) in [7, 11) is 1.84. The molecule has 0 aliphatic heterocycles. The van der Waals surface area contributed by atoms with E-state index in [1.807, 2.05) is 14.0 Å². The fourth-order valence-corrected chi connectivity index (χ4v) is 0.995. The molecule has 14 heavy (non-hydrogen) atoms. The van der Waals surface area contributed by atoms with Gasteiger partial charge in [0.15, 0.2) is 0 Å². The second-order valence-electron chi connectivity index (χ2n) is 4.04. The minimum Gasteiger partial charge on any atom is -0.288 e. The maximum absolute atomic E-state index is 4.25. The third-order valence-electron chi connectivity index (χ3n) is 2.69.